The van der Waals surface area contributed by atoms with Crippen LogP contribution in [0.4, 0.5) is 4.39 Å². The van der Waals surface area contributed by atoms with Crippen molar-refractivity contribution in [2.24, 2.45) is 0 Å². The van der Waals surface area contributed by atoms with Crippen LogP contribution in [0.3, 0.4) is 0 Å². The number of rotatable bonds is 7. The van der Waals surface area contributed by atoms with E-state index < -0.39 is 5.97 Å². The van der Waals surface area contributed by atoms with Crippen molar-refractivity contribution in [3.63, 3.8) is 0 Å². The van der Waals surface area contributed by atoms with Gasteiger partial charge in [-0.15, -0.1) is 0 Å². The lowest BCUT2D eigenvalue weighted by molar-refractivity contribution is 0.0697. The molecule has 0 aliphatic carbocycles. The Labute approximate surface area is 146 Å². The molecule has 0 fully saturated rings. The molecule has 0 radical (unpaired) electrons. The molecule has 0 aliphatic heterocycles. The highest BCUT2D eigenvalue weighted by atomic mass is 19.1. The van der Waals surface area contributed by atoms with Crippen LogP contribution in [0.1, 0.15) is 26.3 Å². The third-order valence-corrected chi connectivity index (χ3v) is 3.78. The molecule has 1 amide bonds. The number of amides is 1. The van der Waals surface area contributed by atoms with Gasteiger partial charge in [-0.25, -0.2) is 9.18 Å². The minimum absolute atomic E-state index is 0.0456. The fourth-order valence-electron chi connectivity index (χ4n) is 2.37. The molecule has 0 aliphatic rings. The molecule has 0 aromatic heterocycles. The number of likely N-dealkylation sites (N-methyl/N-ethyl adjacent to an activating group) is 1. The Kier molecular flexibility index (Phi) is 6.25. The second-order valence-corrected chi connectivity index (χ2v) is 6.01. The zero-order valence-electron chi connectivity index (χ0n) is 14.3. The number of aromatic carboxylic acids is 1. The van der Waals surface area contributed by atoms with E-state index in [9.17, 15) is 14.0 Å². The summed E-state index contributed by atoms with van der Waals surface area (Å²) in [6.07, 6.45) is 0. The van der Waals surface area contributed by atoms with Gasteiger partial charge in [0.1, 0.15) is 5.82 Å². The molecule has 0 unspecified atom stereocenters. The summed E-state index contributed by atoms with van der Waals surface area (Å²) in [5.41, 5.74) is 0.739. The van der Waals surface area contributed by atoms with Crippen LogP contribution in [0.15, 0.2) is 48.5 Å². The minimum Gasteiger partial charge on any atom is -0.478 e. The summed E-state index contributed by atoms with van der Waals surface area (Å²) in [7, 11) is 3.77. The zero-order valence-corrected chi connectivity index (χ0v) is 14.3. The van der Waals surface area contributed by atoms with Crippen molar-refractivity contribution in [1.29, 1.82) is 0 Å². The molecule has 0 bridgehead atoms. The first-order valence-electron chi connectivity index (χ1n) is 7.89. The third kappa shape index (κ3) is 5.12. The van der Waals surface area contributed by atoms with Crippen molar-refractivity contribution in [3.05, 3.63) is 71.0 Å². The van der Waals surface area contributed by atoms with Crippen molar-refractivity contribution >= 4 is 11.9 Å². The minimum atomic E-state index is -1.09. The Morgan fingerprint density at radius 3 is 2.32 bits per heavy atom. The van der Waals surface area contributed by atoms with Gasteiger partial charge < -0.3 is 14.9 Å². The second-order valence-electron chi connectivity index (χ2n) is 6.01. The largest absolute Gasteiger partial charge is 0.478 e. The van der Waals surface area contributed by atoms with Crippen LogP contribution >= 0.6 is 0 Å². The predicted octanol–water partition coefficient (Wildman–Crippen LogP) is 2.73. The maximum absolute atomic E-state index is 14.0. The highest BCUT2D eigenvalue weighted by molar-refractivity contribution is 5.97. The lowest BCUT2D eigenvalue weighted by atomic mass is 10.1. The van der Waals surface area contributed by atoms with E-state index in [1.807, 2.05) is 19.0 Å². The third-order valence-electron chi connectivity index (χ3n) is 3.78. The van der Waals surface area contributed by atoms with Gasteiger partial charge in [0.25, 0.3) is 5.91 Å². The molecule has 2 aromatic carbocycles. The van der Waals surface area contributed by atoms with Gasteiger partial charge in [-0.1, -0.05) is 24.3 Å². The van der Waals surface area contributed by atoms with Crippen molar-refractivity contribution in [1.82, 2.24) is 9.80 Å². The van der Waals surface area contributed by atoms with Gasteiger partial charge in [-0.2, -0.15) is 0 Å². The number of benzene rings is 2. The van der Waals surface area contributed by atoms with Gasteiger partial charge in [-0.05, 0) is 38.4 Å². The number of carbonyl (C=O) groups excluding carboxylic acids is 1. The molecule has 0 atom stereocenters. The molecule has 1 N–H and O–H groups in total. The molecule has 6 heteroatoms. The Bertz CT molecular complexity index is 762. The molecule has 2 rings (SSSR count). The van der Waals surface area contributed by atoms with Crippen molar-refractivity contribution in [2.45, 2.75) is 6.54 Å². The molecular weight excluding hydrogens is 323 g/mol. The van der Waals surface area contributed by atoms with Gasteiger partial charge in [0.15, 0.2) is 0 Å². The topological polar surface area (TPSA) is 60.9 Å². The summed E-state index contributed by atoms with van der Waals surface area (Å²) in [6, 6.07) is 12.2. The van der Waals surface area contributed by atoms with E-state index >= 15 is 0 Å². The first-order valence-corrected chi connectivity index (χ1v) is 7.89. The van der Waals surface area contributed by atoms with E-state index in [1.165, 1.54) is 29.2 Å². The van der Waals surface area contributed by atoms with Gasteiger partial charge in [-0.3, -0.25) is 4.79 Å². The van der Waals surface area contributed by atoms with Gasteiger partial charge in [0.05, 0.1) is 5.56 Å². The molecule has 5 nitrogen and oxygen atoms in total. The van der Waals surface area contributed by atoms with Crippen LogP contribution < -0.4 is 0 Å². The van der Waals surface area contributed by atoms with Crippen LogP contribution in [0, 0.1) is 5.82 Å². The van der Waals surface area contributed by atoms with E-state index in [0.29, 0.717) is 18.7 Å². The van der Waals surface area contributed by atoms with Crippen LogP contribution in [0.25, 0.3) is 0 Å². The maximum atomic E-state index is 14.0. The molecule has 0 spiro atoms. The Morgan fingerprint density at radius 2 is 1.68 bits per heavy atom. The molecular formula is C19H21FN2O3. The van der Waals surface area contributed by atoms with Gasteiger partial charge in [0, 0.05) is 30.8 Å². The summed E-state index contributed by atoms with van der Waals surface area (Å²) in [5.74, 6) is -1.79. The maximum Gasteiger partial charge on any atom is 0.335 e. The Hall–Kier alpha value is -2.73. The average Bonchev–Trinajstić information content (AvgIpc) is 2.59. The fourth-order valence-corrected chi connectivity index (χ4v) is 2.37. The smallest absolute Gasteiger partial charge is 0.335 e. The summed E-state index contributed by atoms with van der Waals surface area (Å²) in [4.78, 5) is 27.4. The summed E-state index contributed by atoms with van der Waals surface area (Å²) >= 11 is 0. The molecule has 132 valence electrons. The standard InChI is InChI=1S/C19H21FN2O3/c1-21(2)10-11-22(13-16-6-3-4-9-17(16)20)18(23)14-7-5-8-15(12-14)19(24)25/h3-9,12H,10-11,13H2,1-2H3,(H,24,25). The highest BCUT2D eigenvalue weighted by Gasteiger charge is 2.19. The number of hydrogen-bond donors (Lipinski definition) is 1. The van der Waals surface area contributed by atoms with Crippen molar-refractivity contribution in [2.75, 3.05) is 27.2 Å². The summed E-state index contributed by atoms with van der Waals surface area (Å²) < 4.78 is 14.0. The van der Waals surface area contributed by atoms with Crippen molar-refractivity contribution < 1.29 is 19.1 Å². The van der Waals surface area contributed by atoms with Crippen molar-refractivity contribution in [3.8, 4) is 0 Å². The van der Waals surface area contributed by atoms with Crippen LogP contribution in [0.2, 0.25) is 0 Å². The number of halogens is 1. The lowest BCUT2D eigenvalue weighted by Gasteiger charge is -2.25. The van der Waals surface area contributed by atoms with Crippen LogP contribution in [-0.2, 0) is 6.54 Å². The van der Waals surface area contributed by atoms with Crippen LogP contribution in [0.5, 0.6) is 0 Å². The summed E-state index contributed by atoms with van der Waals surface area (Å²) in [6.45, 7) is 1.13. The predicted molar refractivity (Wildman–Crippen MR) is 93.1 cm³/mol. The lowest BCUT2D eigenvalue weighted by Crippen LogP contribution is -2.36. The first-order chi connectivity index (χ1) is 11.9. The van der Waals surface area contributed by atoms with E-state index in [2.05, 4.69) is 0 Å². The highest BCUT2D eigenvalue weighted by Crippen LogP contribution is 2.14. The van der Waals surface area contributed by atoms with E-state index in [1.54, 1.807) is 24.3 Å². The number of nitrogens with zero attached hydrogens (tertiary/aromatic N) is 2. The SMILES string of the molecule is CN(C)CCN(Cc1ccccc1F)C(=O)c1cccc(C(=O)O)c1. The van der Waals surface area contributed by atoms with Gasteiger partial charge >= 0.3 is 5.97 Å². The number of carboxylic acid groups (broad SMARTS) is 1. The summed E-state index contributed by atoms with van der Waals surface area (Å²) in [5, 5.41) is 9.10. The monoisotopic (exact) mass is 344 g/mol. The molecule has 0 saturated heterocycles. The molecule has 25 heavy (non-hydrogen) atoms. The van der Waals surface area contributed by atoms with E-state index in [4.69, 9.17) is 5.11 Å². The zero-order chi connectivity index (χ0) is 18.4. The fraction of sp³-hybridized carbons (Fsp3) is 0.263. The Morgan fingerprint density at radius 1 is 1.00 bits per heavy atom. The Balaban J connectivity index is 2.27. The van der Waals surface area contributed by atoms with Crippen LogP contribution in [-0.4, -0.2) is 54.0 Å². The van der Waals surface area contributed by atoms with E-state index in [0.717, 1.165) is 0 Å². The molecule has 2 aromatic rings. The average molecular weight is 344 g/mol. The number of carbonyl (C=O) groups is 2. The second kappa shape index (κ2) is 8.39. The molecule has 0 heterocycles. The molecule has 0 saturated carbocycles. The number of hydrogen-bond acceptors (Lipinski definition) is 3. The number of carboxylic acids is 1. The van der Waals surface area contributed by atoms with E-state index in [-0.39, 0.29) is 29.4 Å². The van der Waals surface area contributed by atoms with Gasteiger partial charge in [0.2, 0.25) is 0 Å². The first kappa shape index (κ1) is 18.6. The quantitative estimate of drug-likeness (QED) is 0.839. The normalized spacial score (nSPS) is 10.7.